The number of phenols is 1. The van der Waals surface area contributed by atoms with Crippen molar-refractivity contribution >= 4 is 27.5 Å². The highest BCUT2D eigenvalue weighted by molar-refractivity contribution is 6.03. The summed E-state index contributed by atoms with van der Waals surface area (Å²) in [7, 11) is 0. The van der Waals surface area contributed by atoms with Crippen LogP contribution >= 0.6 is 0 Å². The number of nitrogens with zero attached hydrogens (tertiary/aromatic N) is 5. The first-order valence-electron chi connectivity index (χ1n) is 15.7. The number of benzene rings is 2. The first kappa shape index (κ1) is 29.2. The molecule has 4 atom stereocenters. The summed E-state index contributed by atoms with van der Waals surface area (Å²) in [6.07, 6.45) is 5.51. The number of halogens is 4. The van der Waals surface area contributed by atoms with Crippen molar-refractivity contribution in [2.75, 3.05) is 37.7 Å². The highest BCUT2D eigenvalue weighted by Crippen LogP contribution is 2.43. The lowest BCUT2D eigenvalue weighted by Gasteiger charge is -2.35. The number of phenolic OH excluding ortho intramolecular Hbond substituents is 1. The second-order valence-electron chi connectivity index (χ2n) is 13.0. The highest BCUT2D eigenvalue weighted by Gasteiger charge is 2.49. The van der Waals surface area contributed by atoms with Crippen molar-refractivity contribution in [3.63, 3.8) is 0 Å². The molecule has 4 saturated heterocycles. The molecule has 0 saturated carbocycles. The van der Waals surface area contributed by atoms with E-state index in [1.54, 1.807) is 18.2 Å². The summed E-state index contributed by atoms with van der Waals surface area (Å²) in [4.78, 5) is 17.2. The molecule has 6 heterocycles. The van der Waals surface area contributed by atoms with Gasteiger partial charge in [-0.25, -0.2) is 22.5 Å². The van der Waals surface area contributed by atoms with Crippen molar-refractivity contribution < 1.29 is 27.4 Å². The van der Waals surface area contributed by atoms with E-state index in [0.717, 1.165) is 32.2 Å². The van der Waals surface area contributed by atoms with Gasteiger partial charge in [0.1, 0.15) is 41.3 Å². The van der Waals surface area contributed by atoms with Gasteiger partial charge in [-0.1, -0.05) is 18.1 Å². The zero-order valence-corrected chi connectivity index (χ0v) is 24.9. The third kappa shape index (κ3) is 4.71. The van der Waals surface area contributed by atoms with Crippen LogP contribution < -0.4 is 15.0 Å². The number of alkyl halides is 3. The fraction of sp³-hybridized carbons (Fsp3) is 0.441. The lowest BCUT2D eigenvalue weighted by molar-refractivity contribution is 0.107. The van der Waals surface area contributed by atoms with Gasteiger partial charge < -0.3 is 20.1 Å². The van der Waals surface area contributed by atoms with Gasteiger partial charge in [0, 0.05) is 54.7 Å². The number of hydrogen-bond donors (Lipinski definition) is 2. The Morgan fingerprint density at radius 3 is 2.67 bits per heavy atom. The number of rotatable bonds is 6. The van der Waals surface area contributed by atoms with E-state index in [4.69, 9.17) is 11.2 Å². The molecule has 0 aliphatic carbocycles. The number of pyridine rings is 1. The quantitative estimate of drug-likeness (QED) is 0.213. The summed E-state index contributed by atoms with van der Waals surface area (Å²) in [5.41, 5.74) is -1.53. The predicted molar refractivity (Wildman–Crippen MR) is 165 cm³/mol. The second-order valence-corrected chi connectivity index (χ2v) is 13.0. The van der Waals surface area contributed by atoms with Gasteiger partial charge in [-0.3, -0.25) is 4.90 Å². The van der Waals surface area contributed by atoms with Crippen LogP contribution in [0.25, 0.3) is 32.9 Å². The molecule has 2 aromatic carbocycles. The van der Waals surface area contributed by atoms with Crippen LogP contribution in [0.3, 0.4) is 0 Å². The van der Waals surface area contributed by atoms with Gasteiger partial charge in [0.05, 0.1) is 10.9 Å². The maximum Gasteiger partial charge on any atom is 0.319 e. The lowest BCUT2D eigenvalue weighted by Crippen LogP contribution is -2.51. The maximum atomic E-state index is 16.9. The van der Waals surface area contributed by atoms with Crippen LogP contribution in [0.15, 0.2) is 30.3 Å². The summed E-state index contributed by atoms with van der Waals surface area (Å²) >= 11 is 0. The van der Waals surface area contributed by atoms with E-state index in [-0.39, 0.29) is 52.7 Å². The van der Waals surface area contributed by atoms with Gasteiger partial charge in [-0.05, 0) is 55.8 Å². The average molecular weight is 633 g/mol. The van der Waals surface area contributed by atoms with Crippen LogP contribution in [-0.4, -0.2) is 81.5 Å². The summed E-state index contributed by atoms with van der Waals surface area (Å²) in [5, 5.41) is 14.8. The van der Waals surface area contributed by atoms with Crippen LogP contribution in [-0.2, 0) is 0 Å². The Balaban J connectivity index is 1.33. The first-order chi connectivity index (χ1) is 22.2. The van der Waals surface area contributed by atoms with Crippen molar-refractivity contribution in [2.24, 2.45) is 0 Å². The third-order valence-electron chi connectivity index (χ3n) is 10.1. The van der Waals surface area contributed by atoms with E-state index < -0.39 is 35.3 Å². The van der Waals surface area contributed by atoms with Crippen molar-refractivity contribution in [3.8, 4) is 35.4 Å². The molecule has 2 unspecified atom stereocenters. The minimum Gasteiger partial charge on any atom is -0.508 e. The molecule has 46 heavy (non-hydrogen) atoms. The molecule has 238 valence electrons. The fourth-order valence-electron chi connectivity index (χ4n) is 8.13. The molecule has 2 N–H and O–H groups in total. The largest absolute Gasteiger partial charge is 0.508 e. The van der Waals surface area contributed by atoms with Crippen molar-refractivity contribution in [2.45, 2.75) is 62.3 Å². The minimum absolute atomic E-state index is 0.0631. The lowest BCUT2D eigenvalue weighted by atomic mass is 9.95. The molecule has 4 aliphatic heterocycles. The molecular formula is C34H32F4N6O2. The standard InChI is InChI=1S/C34H32F4N6O2/c1-2-18-5-3-6-19-11-23(45)12-24(25(18)19)28-27(36)29-26(30(40-28)31(37)38)32(43-15-21-7-8-22(16-43)39-21)42-33(41-29)46-17-34-9-4-10-44(34)14-20(35)13-34/h1,3,5-6,11-12,20-22,31,39,45H,4,7-10,13-17H2/t20-,21?,22?,34-/m1/s1. The smallest absolute Gasteiger partial charge is 0.319 e. The van der Waals surface area contributed by atoms with E-state index in [1.807, 2.05) is 4.90 Å². The Morgan fingerprint density at radius 2 is 1.91 bits per heavy atom. The summed E-state index contributed by atoms with van der Waals surface area (Å²) in [6.45, 7) is 2.15. The van der Waals surface area contributed by atoms with Gasteiger partial charge >= 0.3 is 6.01 Å². The van der Waals surface area contributed by atoms with Gasteiger partial charge in [-0.15, -0.1) is 6.42 Å². The van der Waals surface area contributed by atoms with Crippen LogP contribution in [0.2, 0.25) is 0 Å². The van der Waals surface area contributed by atoms with Crippen LogP contribution in [0.1, 0.15) is 49.8 Å². The second kappa shape index (κ2) is 11.0. The molecule has 2 aromatic heterocycles. The molecule has 0 amide bonds. The Bertz CT molecular complexity index is 1910. The van der Waals surface area contributed by atoms with Crippen molar-refractivity contribution in [3.05, 3.63) is 47.4 Å². The monoisotopic (exact) mass is 632 g/mol. The molecular weight excluding hydrogens is 600 g/mol. The SMILES string of the molecule is C#Cc1cccc2cc(O)cc(-c3nc(C(F)F)c4c(N5CC6CCC(C5)N6)nc(OC[C@]56CCCN5C[C@H](F)C6)nc4c3F)c12. The normalized spacial score (nSPS) is 25.9. The maximum absolute atomic E-state index is 16.9. The number of aromatic hydroxyl groups is 1. The number of fused-ring (bicyclic) bond motifs is 5. The van der Waals surface area contributed by atoms with Crippen LogP contribution in [0, 0.1) is 18.2 Å². The number of terminal acetylenes is 1. The molecule has 4 aromatic rings. The Kier molecular flexibility index (Phi) is 6.95. The van der Waals surface area contributed by atoms with E-state index in [2.05, 4.69) is 31.1 Å². The summed E-state index contributed by atoms with van der Waals surface area (Å²) < 4.78 is 67.5. The minimum atomic E-state index is -3.10. The first-order valence-corrected chi connectivity index (χ1v) is 15.7. The number of anilines is 1. The zero-order valence-electron chi connectivity index (χ0n) is 24.9. The molecule has 12 heteroatoms. The Morgan fingerprint density at radius 1 is 1.11 bits per heavy atom. The van der Waals surface area contributed by atoms with Gasteiger partial charge in [0.15, 0.2) is 5.82 Å². The van der Waals surface area contributed by atoms with Crippen LogP contribution in [0.5, 0.6) is 11.8 Å². The molecule has 0 spiro atoms. The Labute approximate surface area is 262 Å². The van der Waals surface area contributed by atoms with E-state index in [9.17, 15) is 18.3 Å². The predicted octanol–water partition coefficient (Wildman–Crippen LogP) is 5.50. The van der Waals surface area contributed by atoms with Gasteiger partial charge in [0.2, 0.25) is 0 Å². The van der Waals surface area contributed by atoms with Gasteiger partial charge in [-0.2, -0.15) is 9.97 Å². The van der Waals surface area contributed by atoms with E-state index >= 15 is 4.39 Å². The summed E-state index contributed by atoms with van der Waals surface area (Å²) in [6, 6.07) is 7.86. The number of ether oxygens (including phenoxy) is 1. The van der Waals surface area contributed by atoms with E-state index in [0.29, 0.717) is 42.4 Å². The average Bonchev–Trinajstić information content (AvgIpc) is 3.69. The number of nitrogens with one attached hydrogen (secondary N) is 1. The third-order valence-corrected chi connectivity index (χ3v) is 10.1. The van der Waals surface area contributed by atoms with E-state index in [1.165, 1.54) is 12.1 Å². The number of aromatic nitrogens is 3. The molecule has 2 bridgehead atoms. The highest BCUT2D eigenvalue weighted by atomic mass is 19.3. The van der Waals surface area contributed by atoms with Crippen molar-refractivity contribution in [1.82, 2.24) is 25.2 Å². The van der Waals surface area contributed by atoms with Crippen LogP contribution in [0.4, 0.5) is 23.4 Å². The number of hydrogen-bond acceptors (Lipinski definition) is 8. The summed E-state index contributed by atoms with van der Waals surface area (Å²) in [5.74, 6) is 1.53. The number of piperazine rings is 1. The topological polar surface area (TPSA) is 86.6 Å². The molecule has 4 aliphatic rings. The van der Waals surface area contributed by atoms with Gasteiger partial charge in [0.25, 0.3) is 6.43 Å². The fourth-order valence-corrected chi connectivity index (χ4v) is 8.13. The molecule has 8 nitrogen and oxygen atoms in total. The van der Waals surface area contributed by atoms with Crippen molar-refractivity contribution in [1.29, 1.82) is 0 Å². The Hall–Kier alpha value is -4.21. The zero-order chi connectivity index (χ0) is 31.7. The molecule has 0 radical (unpaired) electrons. The molecule has 8 rings (SSSR count). The molecule has 4 fully saturated rings.